The first kappa shape index (κ1) is 17.3. The Balaban J connectivity index is 1.85. The fourth-order valence-electron chi connectivity index (χ4n) is 1.91. The van der Waals surface area contributed by atoms with E-state index in [2.05, 4.69) is 40.4 Å². The molecule has 0 unspecified atom stereocenters. The maximum atomic E-state index is 12.0. The van der Waals surface area contributed by atoms with Crippen LogP contribution in [0.25, 0.3) is 0 Å². The largest absolute Gasteiger partial charge is 0.493 e. The van der Waals surface area contributed by atoms with Gasteiger partial charge in [-0.05, 0) is 36.2 Å². The first-order valence-corrected chi connectivity index (χ1v) is 8.34. The van der Waals surface area contributed by atoms with Crippen molar-refractivity contribution in [1.29, 1.82) is 0 Å². The van der Waals surface area contributed by atoms with Crippen molar-refractivity contribution in [3.63, 3.8) is 0 Å². The molecule has 0 heterocycles. The number of benzene rings is 2. The molecule has 2 N–H and O–H groups in total. The summed E-state index contributed by atoms with van der Waals surface area (Å²) in [5, 5.41) is 5.95. The normalized spacial score (nSPS) is 10.4. The molecule has 0 aliphatic heterocycles. The molecule has 0 bridgehead atoms. The van der Waals surface area contributed by atoms with E-state index in [0.29, 0.717) is 12.5 Å². The molecule has 0 spiro atoms. The minimum absolute atomic E-state index is 0.100. The van der Waals surface area contributed by atoms with Gasteiger partial charge in [0.1, 0.15) is 5.75 Å². The number of anilines is 2. The van der Waals surface area contributed by atoms with Crippen LogP contribution < -0.4 is 15.4 Å². The molecular weight excluding hydrogens is 356 g/mol. The summed E-state index contributed by atoms with van der Waals surface area (Å²) in [7, 11) is 0. The Morgan fingerprint density at radius 1 is 1.13 bits per heavy atom. The van der Waals surface area contributed by atoms with E-state index in [1.807, 2.05) is 48.5 Å². The summed E-state index contributed by atoms with van der Waals surface area (Å²) in [6, 6.07) is 15.1. The van der Waals surface area contributed by atoms with Gasteiger partial charge in [-0.2, -0.15) is 0 Å². The SMILES string of the molecule is CC(C)COc1cccc(NCC(=O)Nc2cccc(Br)c2)c1. The molecule has 0 fully saturated rings. The number of hydrogen-bond donors (Lipinski definition) is 2. The molecule has 0 saturated carbocycles. The number of carbonyl (C=O) groups is 1. The van der Waals surface area contributed by atoms with Crippen LogP contribution in [0.2, 0.25) is 0 Å². The number of nitrogens with one attached hydrogen (secondary N) is 2. The number of rotatable bonds is 7. The maximum Gasteiger partial charge on any atom is 0.243 e. The smallest absolute Gasteiger partial charge is 0.243 e. The average Bonchev–Trinajstić information content (AvgIpc) is 2.51. The van der Waals surface area contributed by atoms with Crippen LogP contribution in [0.5, 0.6) is 5.75 Å². The molecule has 0 aliphatic carbocycles. The van der Waals surface area contributed by atoms with Gasteiger partial charge >= 0.3 is 0 Å². The van der Waals surface area contributed by atoms with Crippen LogP contribution in [0.1, 0.15) is 13.8 Å². The van der Waals surface area contributed by atoms with Gasteiger partial charge in [-0.3, -0.25) is 4.79 Å². The molecular formula is C18H21BrN2O2. The lowest BCUT2D eigenvalue weighted by atomic mass is 10.2. The van der Waals surface area contributed by atoms with Gasteiger partial charge in [-0.15, -0.1) is 0 Å². The third-order valence-corrected chi connectivity index (χ3v) is 3.47. The van der Waals surface area contributed by atoms with Crippen LogP contribution in [0.3, 0.4) is 0 Å². The first-order valence-electron chi connectivity index (χ1n) is 7.55. The van der Waals surface area contributed by atoms with E-state index >= 15 is 0 Å². The first-order chi connectivity index (χ1) is 11.0. The number of amides is 1. The van der Waals surface area contributed by atoms with Crippen molar-refractivity contribution in [1.82, 2.24) is 0 Å². The Morgan fingerprint density at radius 3 is 2.61 bits per heavy atom. The van der Waals surface area contributed by atoms with Crippen molar-refractivity contribution >= 4 is 33.2 Å². The van der Waals surface area contributed by atoms with Crippen molar-refractivity contribution < 1.29 is 9.53 Å². The Hall–Kier alpha value is -2.01. The summed E-state index contributed by atoms with van der Waals surface area (Å²) >= 11 is 3.38. The Kier molecular flexibility index (Phi) is 6.47. The molecule has 2 aromatic carbocycles. The molecule has 1 amide bonds. The molecule has 0 radical (unpaired) electrons. The van der Waals surface area contributed by atoms with Crippen LogP contribution in [0.15, 0.2) is 53.0 Å². The number of carbonyl (C=O) groups excluding carboxylic acids is 1. The standard InChI is InChI=1S/C18H21BrN2O2/c1-13(2)12-23-17-8-4-6-15(10-17)20-11-18(22)21-16-7-3-5-14(19)9-16/h3-10,13,20H,11-12H2,1-2H3,(H,21,22). The lowest BCUT2D eigenvalue weighted by Gasteiger charge is -2.11. The zero-order chi connectivity index (χ0) is 16.7. The van der Waals surface area contributed by atoms with Crippen LogP contribution in [0, 0.1) is 5.92 Å². The summed E-state index contributed by atoms with van der Waals surface area (Å²) in [5.74, 6) is 1.18. The molecule has 2 aromatic rings. The van der Waals surface area contributed by atoms with E-state index in [1.54, 1.807) is 0 Å². The van der Waals surface area contributed by atoms with Crippen LogP contribution in [0.4, 0.5) is 11.4 Å². The van der Waals surface area contributed by atoms with Crippen molar-refractivity contribution in [2.75, 3.05) is 23.8 Å². The Morgan fingerprint density at radius 2 is 1.87 bits per heavy atom. The van der Waals surface area contributed by atoms with E-state index in [-0.39, 0.29) is 12.5 Å². The molecule has 0 atom stereocenters. The zero-order valence-electron chi connectivity index (χ0n) is 13.3. The lowest BCUT2D eigenvalue weighted by molar-refractivity contribution is -0.114. The summed E-state index contributed by atoms with van der Waals surface area (Å²) in [6.45, 7) is 5.08. The molecule has 23 heavy (non-hydrogen) atoms. The van der Waals surface area contributed by atoms with E-state index in [4.69, 9.17) is 4.74 Å². The fraction of sp³-hybridized carbons (Fsp3) is 0.278. The second-order valence-electron chi connectivity index (χ2n) is 5.64. The summed E-state index contributed by atoms with van der Waals surface area (Å²) in [6.07, 6.45) is 0. The molecule has 0 saturated heterocycles. The van der Waals surface area contributed by atoms with E-state index in [0.717, 1.165) is 21.6 Å². The van der Waals surface area contributed by atoms with Gasteiger partial charge < -0.3 is 15.4 Å². The van der Waals surface area contributed by atoms with Crippen molar-refractivity contribution in [3.05, 3.63) is 53.0 Å². The highest BCUT2D eigenvalue weighted by atomic mass is 79.9. The van der Waals surface area contributed by atoms with Gasteiger partial charge in [0.15, 0.2) is 0 Å². The van der Waals surface area contributed by atoms with Crippen molar-refractivity contribution in [2.24, 2.45) is 5.92 Å². The minimum Gasteiger partial charge on any atom is -0.493 e. The highest BCUT2D eigenvalue weighted by molar-refractivity contribution is 9.10. The second kappa shape index (κ2) is 8.58. The van der Waals surface area contributed by atoms with Gasteiger partial charge in [-0.25, -0.2) is 0 Å². The lowest BCUT2D eigenvalue weighted by Crippen LogP contribution is -2.21. The summed E-state index contributed by atoms with van der Waals surface area (Å²) < 4.78 is 6.61. The molecule has 5 heteroatoms. The third-order valence-electron chi connectivity index (χ3n) is 2.98. The van der Waals surface area contributed by atoms with Crippen LogP contribution >= 0.6 is 15.9 Å². The van der Waals surface area contributed by atoms with Gasteiger partial charge in [0.2, 0.25) is 5.91 Å². The number of halogens is 1. The van der Waals surface area contributed by atoms with Crippen LogP contribution in [-0.4, -0.2) is 19.1 Å². The second-order valence-corrected chi connectivity index (χ2v) is 6.56. The monoisotopic (exact) mass is 376 g/mol. The molecule has 0 aliphatic rings. The summed E-state index contributed by atoms with van der Waals surface area (Å²) in [5.41, 5.74) is 1.62. The van der Waals surface area contributed by atoms with E-state index in [9.17, 15) is 4.79 Å². The predicted molar refractivity (Wildman–Crippen MR) is 98.0 cm³/mol. The van der Waals surface area contributed by atoms with Gasteiger partial charge in [0.25, 0.3) is 0 Å². The third kappa shape index (κ3) is 6.32. The van der Waals surface area contributed by atoms with Gasteiger partial charge in [-0.1, -0.05) is 41.9 Å². The molecule has 0 aromatic heterocycles. The highest BCUT2D eigenvalue weighted by Gasteiger charge is 2.04. The Bertz CT molecular complexity index is 659. The topological polar surface area (TPSA) is 50.4 Å². The quantitative estimate of drug-likeness (QED) is 0.745. The molecule has 4 nitrogen and oxygen atoms in total. The molecule has 2 rings (SSSR count). The number of hydrogen-bond acceptors (Lipinski definition) is 3. The van der Waals surface area contributed by atoms with E-state index in [1.165, 1.54) is 0 Å². The highest BCUT2D eigenvalue weighted by Crippen LogP contribution is 2.18. The van der Waals surface area contributed by atoms with Gasteiger partial charge in [0.05, 0.1) is 13.2 Å². The summed E-state index contributed by atoms with van der Waals surface area (Å²) in [4.78, 5) is 12.0. The Labute approximate surface area is 145 Å². The maximum absolute atomic E-state index is 12.0. The van der Waals surface area contributed by atoms with Crippen LogP contribution in [-0.2, 0) is 4.79 Å². The van der Waals surface area contributed by atoms with Gasteiger partial charge in [0, 0.05) is 21.9 Å². The number of ether oxygens (including phenoxy) is 1. The molecule has 122 valence electrons. The van der Waals surface area contributed by atoms with Crippen molar-refractivity contribution in [3.8, 4) is 5.75 Å². The van der Waals surface area contributed by atoms with E-state index < -0.39 is 0 Å². The minimum atomic E-state index is -0.100. The zero-order valence-corrected chi connectivity index (χ0v) is 14.9. The fourth-order valence-corrected chi connectivity index (χ4v) is 2.31. The average molecular weight is 377 g/mol. The van der Waals surface area contributed by atoms with Crippen molar-refractivity contribution in [2.45, 2.75) is 13.8 Å². The predicted octanol–water partition coefficient (Wildman–Crippen LogP) is 4.53.